The van der Waals surface area contributed by atoms with Crippen LogP contribution in [0.15, 0.2) is 97.1 Å². The van der Waals surface area contributed by atoms with Crippen LogP contribution in [0.1, 0.15) is 17.5 Å². The Balaban J connectivity index is 1.10. The average molecular weight is 457 g/mol. The van der Waals surface area contributed by atoms with Crippen molar-refractivity contribution >= 4 is 43.6 Å². The second-order valence-electron chi connectivity index (χ2n) is 8.96. The van der Waals surface area contributed by atoms with Crippen LogP contribution in [-0.2, 0) is 13.1 Å². The number of para-hydroxylation sites is 4. The van der Waals surface area contributed by atoms with Gasteiger partial charge in [-0.2, -0.15) is 0 Å². The predicted molar refractivity (Wildman–Crippen MR) is 147 cm³/mol. The molecule has 4 aromatic carbocycles. The molecule has 35 heavy (non-hydrogen) atoms. The Bertz CT molecular complexity index is 1410. The van der Waals surface area contributed by atoms with Crippen LogP contribution in [0.2, 0.25) is 0 Å². The quantitative estimate of drug-likeness (QED) is 0.207. The number of hydrogen-bond donors (Lipinski definition) is 2. The van der Waals surface area contributed by atoms with Gasteiger partial charge in [-0.15, -0.1) is 0 Å². The number of nitrogens with zero attached hydrogens (tertiary/aromatic N) is 2. The van der Waals surface area contributed by atoms with Crippen LogP contribution in [0.3, 0.4) is 0 Å². The summed E-state index contributed by atoms with van der Waals surface area (Å²) in [4.78, 5) is 9.67. The van der Waals surface area contributed by atoms with Gasteiger partial charge in [0.25, 0.3) is 0 Å². The van der Waals surface area contributed by atoms with Gasteiger partial charge in [0.15, 0.2) is 0 Å². The monoisotopic (exact) mass is 456 g/mol. The maximum absolute atomic E-state index is 4.84. The Morgan fingerprint density at radius 3 is 1.09 bits per heavy atom. The normalized spacial score (nSPS) is 11.7. The zero-order valence-corrected chi connectivity index (χ0v) is 19.7. The van der Waals surface area contributed by atoms with Gasteiger partial charge in [-0.25, -0.2) is 9.97 Å². The molecule has 0 saturated heterocycles. The number of fused-ring (bicyclic) bond motifs is 4. The highest BCUT2D eigenvalue weighted by atomic mass is 14.9. The number of hydrogen-bond acceptors (Lipinski definition) is 4. The summed E-state index contributed by atoms with van der Waals surface area (Å²) >= 11 is 0. The maximum Gasteiger partial charge on any atom is 0.0713 e. The lowest BCUT2D eigenvalue weighted by Crippen LogP contribution is -2.22. The van der Waals surface area contributed by atoms with E-state index < -0.39 is 0 Å². The van der Waals surface area contributed by atoms with E-state index in [2.05, 4.69) is 108 Å². The molecule has 0 saturated carbocycles. The van der Waals surface area contributed by atoms with Gasteiger partial charge in [-0.1, -0.05) is 72.8 Å². The highest BCUT2D eigenvalue weighted by Gasteiger charge is 2.09. The lowest BCUT2D eigenvalue weighted by atomic mass is 10.0. The number of aromatic nitrogens is 2. The van der Waals surface area contributed by atoms with Gasteiger partial charge in [0.05, 0.1) is 22.1 Å². The fraction of sp³-hybridized carbons (Fsp3) is 0.161. The molecule has 0 amide bonds. The molecule has 6 aromatic rings. The van der Waals surface area contributed by atoms with Crippen molar-refractivity contribution in [2.45, 2.75) is 19.5 Å². The van der Waals surface area contributed by atoms with E-state index >= 15 is 0 Å². The predicted octanol–water partition coefficient (Wildman–Crippen LogP) is 6.36. The largest absolute Gasteiger partial charge is 0.313 e. The highest BCUT2D eigenvalue weighted by molar-refractivity contribution is 5.98. The van der Waals surface area contributed by atoms with Crippen molar-refractivity contribution in [1.82, 2.24) is 20.6 Å². The first-order valence-corrected chi connectivity index (χ1v) is 12.3. The minimum atomic E-state index is 0.836. The van der Waals surface area contributed by atoms with Crippen molar-refractivity contribution in [3.8, 4) is 0 Å². The second kappa shape index (κ2) is 9.79. The molecule has 0 fully saturated rings. The molecule has 0 atom stereocenters. The Morgan fingerprint density at radius 2 is 0.743 bits per heavy atom. The molecule has 0 spiro atoms. The molecular formula is C31H28N4. The standard InChI is InChI=1S/C31H28N4/c1-5-14-28-22(10-1)26(23-11-2-6-15-29(23)34-28)20-32-18-9-19-33-21-27-24-12-3-7-16-30(24)35-31-17-8-4-13-25(27)31/h1-8,10-17,32-33H,9,18-21H2. The summed E-state index contributed by atoms with van der Waals surface area (Å²) in [6.45, 7) is 3.58. The highest BCUT2D eigenvalue weighted by Crippen LogP contribution is 2.27. The van der Waals surface area contributed by atoms with Crippen molar-refractivity contribution in [3.05, 3.63) is 108 Å². The van der Waals surface area contributed by atoms with Crippen molar-refractivity contribution in [2.75, 3.05) is 13.1 Å². The summed E-state index contributed by atoms with van der Waals surface area (Å²) in [5, 5.41) is 12.3. The molecule has 0 bridgehead atoms. The molecule has 4 nitrogen and oxygen atoms in total. The number of pyridine rings is 2. The van der Waals surface area contributed by atoms with E-state index in [1.54, 1.807) is 0 Å². The van der Waals surface area contributed by atoms with Crippen molar-refractivity contribution in [1.29, 1.82) is 0 Å². The van der Waals surface area contributed by atoms with E-state index in [0.717, 1.165) is 54.7 Å². The maximum atomic E-state index is 4.84. The van der Waals surface area contributed by atoms with Crippen LogP contribution in [0.5, 0.6) is 0 Å². The van der Waals surface area contributed by atoms with Crippen molar-refractivity contribution < 1.29 is 0 Å². The Labute approximate surface area is 205 Å². The van der Waals surface area contributed by atoms with Gasteiger partial charge < -0.3 is 10.6 Å². The second-order valence-corrected chi connectivity index (χ2v) is 8.96. The summed E-state index contributed by atoms with van der Waals surface area (Å²) in [5.74, 6) is 0. The SMILES string of the molecule is c1ccc2c(CNCCCNCc3c4ccccc4nc4ccccc34)c3ccccc3nc2c1. The minimum Gasteiger partial charge on any atom is -0.313 e. The molecular weight excluding hydrogens is 428 g/mol. The molecule has 6 rings (SSSR count). The molecule has 2 heterocycles. The van der Waals surface area contributed by atoms with Gasteiger partial charge in [-0.05, 0) is 54.9 Å². The summed E-state index contributed by atoms with van der Waals surface area (Å²) in [6, 6.07) is 33.7. The number of nitrogens with one attached hydrogen (secondary N) is 2. The summed E-state index contributed by atoms with van der Waals surface area (Å²) < 4.78 is 0. The van der Waals surface area contributed by atoms with Gasteiger partial charge in [0.1, 0.15) is 0 Å². The fourth-order valence-electron chi connectivity index (χ4n) is 5.00. The number of benzene rings is 4. The Kier molecular flexibility index (Phi) is 6.06. The summed E-state index contributed by atoms with van der Waals surface area (Å²) in [5.41, 5.74) is 6.88. The van der Waals surface area contributed by atoms with Crippen LogP contribution in [0.4, 0.5) is 0 Å². The van der Waals surface area contributed by atoms with Crippen molar-refractivity contribution in [3.63, 3.8) is 0 Å². The third kappa shape index (κ3) is 4.34. The van der Waals surface area contributed by atoms with Crippen molar-refractivity contribution in [2.24, 2.45) is 0 Å². The smallest absolute Gasteiger partial charge is 0.0713 e. The van der Waals surface area contributed by atoms with Gasteiger partial charge in [0.2, 0.25) is 0 Å². The van der Waals surface area contributed by atoms with E-state index in [1.165, 1.54) is 32.7 Å². The third-order valence-corrected chi connectivity index (χ3v) is 6.71. The molecule has 0 unspecified atom stereocenters. The zero-order valence-electron chi connectivity index (χ0n) is 19.7. The van der Waals surface area contributed by atoms with Crippen LogP contribution < -0.4 is 10.6 Å². The van der Waals surface area contributed by atoms with Crippen LogP contribution in [-0.4, -0.2) is 23.1 Å². The molecule has 2 aromatic heterocycles. The van der Waals surface area contributed by atoms with Gasteiger partial charge in [-0.3, -0.25) is 0 Å². The first-order valence-electron chi connectivity index (χ1n) is 12.3. The lowest BCUT2D eigenvalue weighted by Gasteiger charge is -2.13. The van der Waals surface area contributed by atoms with E-state index in [9.17, 15) is 0 Å². The summed E-state index contributed by atoms with van der Waals surface area (Å²) in [6.07, 6.45) is 1.06. The first kappa shape index (κ1) is 21.7. The molecule has 0 aliphatic heterocycles. The topological polar surface area (TPSA) is 49.8 Å². The Morgan fingerprint density at radius 1 is 0.429 bits per heavy atom. The zero-order chi connectivity index (χ0) is 23.5. The van der Waals surface area contributed by atoms with E-state index in [0.29, 0.717) is 0 Å². The van der Waals surface area contributed by atoms with Crippen LogP contribution in [0, 0.1) is 0 Å². The third-order valence-electron chi connectivity index (χ3n) is 6.71. The Hall–Kier alpha value is -3.86. The lowest BCUT2D eigenvalue weighted by molar-refractivity contribution is 0.598. The first-order chi connectivity index (χ1) is 17.4. The van der Waals surface area contributed by atoms with E-state index in [1.807, 2.05) is 0 Å². The molecule has 4 heteroatoms. The average Bonchev–Trinajstić information content (AvgIpc) is 2.91. The molecule has 0 aliphatic rings. The van der Waals surface area contributed by atoms with E-state index in [4.69, 9.17) is 9.97 Å². The van der Waals surface area contributed by atoms with Gasteiger partial charge >= 0.3 is 0 Å². The number of rotatable bonds is 8. The minimum absolute atomic E-state index is 0.836. The van der Waals surface area contributed by atoms with Crippen LogP contribution >= 0.6 is 0 Å². The molecule has 0 aliphatic carbocycles. The fourth-order valence-corrected chi connectivity index (χ4v) is 5.00. The molecule has 0 radical (unpaired) electrons. The summed E-state index contributed by atoms with van der Waals surface area (Å²) in [7, 11) is 0. The van der Waals surface area contributed by atoms with Gasteiger partial charge in [0, 0.05) is 34.6 Å². The molecule has 2 N–H and O–H groups in total. The molecule has 172 valence electrons. The van der Waals surface area contributed by atoms with E-state index in [-0.39, 0.29) is 0 Å². The van der Waals surface area contributed by atoms with Crippen LogP contribution in [0.25, 0.3) is 43.6 Å².